The van der Waals surface area contributed by atoms with Crippen LogP contribution < -0.4 is 26.2 Å². The molecule has 2 heterocycles. The van der Waals surface area contributed by atoms with Gasteiger partial charge in [-0.1, -0.05) is 45.0 Å². The maximum absolute atomic E-state index is 13.0. The number of nitrogens with one attached hydrogen (secondary N) is 6. The fraction of sp³-hybridized carbons (Fsp3) is 0.500. The van der Waals surface area contributed by atoms with E-state index in [0.29, 0.717) is 56.1 Å². The van der Waals surface area contributed by atoms with Crippen LogP contribution in [0.25, 0.3) is 0 Å². The number of hydrogen-bond donors (Lipinski definition) is 6. The van der Waals surface area contributed by atoms with Crippen LogP contribution in [0.15, 0.2) is 54.5 Å². The van der Waals surface area contributed by atoms with Crippen LogP contribution in [0.5, 0.6) is 5.75 Å². The van der Waals surface area contributed by atoms with Crippen molar-refractivity contribution in [2.45, 2.75) is 58.6 Å². The van der Waals surface area contributed by atoms with E-state index in [1.54, 1.807) is 31.5 Å². The zero-order valence-corrected chi connectivity index (χ0v) is 28.0. The second-order valence-corrected chi connectivity index (χ2v) is 14.4. The van der Waals surface area contributed by atoms with E-state index < -0.39 is 10.1 Å². The molecule has 0 saturated carbocycles. The number of pyridine rings is 1. The van der Waals surface area contributed by atoms with Crippen molar-refractivity contribution >= 4 is 27.8 Å². The largest absolute Gasteiger partial charge is 0.484 e. The zero-order valence-electron chi connectivity index (χ0n) is 27.1. The van der Waals surface area contributed by atoms with Gasteiger partial charge >= 0.3 is 6.03 Å². The van der Waals surface area contributed by atoms with Gasteiger partial charge in [0.05, 0.1) is 25.1 Å². The number of carbonyl (C=O) groups is 1. The molecule has 13 nitrogen and oxygen atoms in total. The van der Waals surface area contributed by atoms with Gasteiger partial charge in [0, 0.05) is 31.3 Å². The lowest BCUT2D eigenvalue weighted by Gasteiger charge is -2.34. The first-order valence-electron chi connectivity index (χ1n) is 15.4. The summed E-state index contributed by atoms with van der Waals surface area (Å²) in [7, 11) is -1.80. The molecule has 0 radical (unpaired) electrons. The fourth-order valence-corrected chi connectivity index (χ4v) is 5.88. The Morgan fingerprint density at radius 3 is 2.35 bits per heavy atom. The summed E-state index contributed by atoms with van der Waals surface area (Å²) in [6.07, 6.45) is 6.66. The van der Waals surface area contributed by atoms with Gasteiger partial charge in [-0.15, -0.1) is 0 Å². The number of hydrogen-bond acceptors (Lipinski definition) is 9. The van der Waals surface area contributed by atoms with Gasteiger partial charge in [0.1, 0.15) is 23.2 Å². The highest BCUT2D eigenvalue weighted by molar-refractivity contribution is 7.85. The van der Waals surface area contributed by atoms with Crippen molar-refractivity contribution in [2.24, 2.45) is 11.3 Å². The molecule has 1 aromatic heterocycles. The number of allylic oxidation sites excluding steroid dienone is 1. The lowest BCUT2D eigenvalue weighted by atomic mass is 9.85. The number of benzene rings is 1. The maximum atomic E-state index is 13.0. The van der Waals surface area contributed by atoms with Crippen molar-refractivity contribution in [2.75, 3.05) is 33.0 Å². The first kappa shape index (κ1) is 34.7. The number of rotatable bonds is 9. The summed E-state index contributed by atoms with van der Waals surface area (Å²) in [4.78, 5) is 14.8. The Labute approximate surface area is 271 Å². The molecule has 6 N–H and O–H groups in total. The molecule has 1 aromatic carbocycles. The van der Waals surface area contributed by atoms with Crippen LogP contribution in [-0.4, -0.2) is 68.6 Å². The quantitative estimate of drug-likeness (QED) is 0.135. The number of carbonyl (C=O) groups excluding carboxylic acids is 1. The van der Waals surface area contributed by atoms with Crippen LogP contribution in [0.1, 0.15) is 69.7 Å². The van der Waals surface area contributed by atoms with Gasteiger partial charge < -0.3 is 25.7 Å². The number of ether oxygens (including phenoxy) is 1. The van der Waals surface area contributed by atoms with Crippen LogP contribution >= 0.6 is 0 Å². The van der Waals surface area contributed by atoms with Gasteiger partial charge in [0.2, 0.25) is 5.96 Å². The maximum Gasteiger partial charge on any atom is 0.320 e. The summed E-state index contributed by atoms with van der Waals surface area (Å²) in [5.74, 6) is 1.20. The molecule has 1 fully saturated rings. The highest BCUT2D eigenvalue weighted by Gasteiger charge is 2.30. The Hall–Kier alpha value is -4.17. The highest BCUT2D eigenvalue weighted by Crippen LogP contribution is 2.38. The van der Waals surface area contributed by atoms with Gasteiger partial charge in [-0.2, -0.15) is 8.42 Å². The lowest BCUT2D eigenvalue weighted by molar-refractivity contribution is 0.170. The molecule has 4 rings (SSSR count). The molecule has 1 unspecified atom stereocenters. The molecular weight excluding hydrogens is 608 g/mol. The van der Waals surface area contributed by atoms with Gasteiger partial charge in [-0.05, 0) is 60.9 Å². The smallest absolute Gasteiger partial charge is 0.320 e. The summed E-state index contributed by atoms with van der Waals surface area (Å²) in [6.45, 7) is 7.06. The third-order valence-corrected chi connectivity index (χ3v) is 8.78. The van der Waals surface area contributed by atoms with Crippen molar-refractivity contribution in [1.29, 1.82) is 16.2 Å². The standard InChI is InChI=1S/C32H46N8O5S/c1-32(2,3)27(33)18-29(36-4)38-31(41)37-25-11-12-26(24-9-7-6-8-23(24)25)45-22-10-13-28(34)40(19-22)30(35)39-16-14-21(15-17-39)20-44-46(5,42)43/h6-10,13,18-19,21,25-26,33-36H,11-12,14-17,20H2,1-5H3,(H2,37,38,41)/b29-18+,33-27?,34-28?,35-30?/t25?,26-/m1/s1. The molecule has 46 heavy (non-hydrogen) atoms. The van der Waals surface area contributed by atoms with Crippen LogP contribution in [0.2, 0.25) is 0 Å². The minimum absolute atomic E-state index is 0.0922. The van der Waals surface area contributed by atoms with Crippen LogP contribution in [0.3, 0.4) is 0 Å². The molecule has 2 aliphatic rings. The minimum Gasteiger partial charge on any atom is -0.484 e. The Morgan fingerprint density at radius 1 is 1.04 bits per heavy atom. The zero-order chi connectivity index (χ0) is 33.6. The predicted molar refractivity (Wildman–Crippen MR) is 176 cm³/mol. The van der Waals surface area contributed by atoms with Gasteiger partial charge in [-0.25, -0.2) is 4.79 Å². The minimum atomic E-state index is -3.49. The summed E-state index contributed by atoms with van der Waals surface area (Å²) in [5.41, 5.74) is 2.08. The molecule has 1 aliphatic carbocycles. The van der Waals surface area contributed by atoms with E-state index in [2.05, 4.69) is 16.0 Å². The second kappa shape index (κ2) is 14.5. The van der Waals surface area contributed by atoms with Crippen LogP contribution in [-0.2, 0) is 14.3 Å². The summed E-state index contributed by atoms with van der Waals surface area (Å²) < 4.78 is 35.6. The molecule has 14 heteroatoms. The SMILES string of the molecule is CN/C(=C\C(=N)C(C)(C)C)NC(=O)NC1CC[C@@H](Oc2ccc(=N)n(C(=N)N3CCC(COS(C)(=O)=O)CC3)c2)c2ccccc21. The van der Waals surface area contributed by atoms with Crippen molar-refractivity contribution in [1.82, 2.24) is 25.4 Å². The van der Waals surface area contributed by atoms with Crippen molar-refractivity contribution in [3.8, 4) is 5.75 Å². The second-order valence-electron chi connectivity index (χ2n) is 12.8. The molecule has 0 bridgehead atoms. The summed E-state index contributed by atoms with van der Waals surface area (Å²) in [6, 6.07) is 10.5. The summed E-state index contributed by atoms with van der Waals surface area (Å²) >= 11 is 0. The number of fused-ring (bicyclic) bond motifs is 1. The first-order chi connectivity index (χ1) is 21.6. The monoisotopic (exact) mass is 654 g/mol. The van der Waals surface area contributed by atoms with E-state index in [0.717, 1.165) is 17.4 Å². The Kier molecular flexibility index (Phi) is 10.9. The van der Waals surface area contributed by atoms with E-state index in [4.69, 9.17) is 25.1 Å². The lowest BCUT2D eigenvalue weighted by Crippen LogP contribution is -2.45. The molecule has 0 spiro atoms. The van der Waals surface area contributed by atoms with E-state index in [9.17, 15) is 13.2 Å². The number of likely N-dealkylation sites (tertiary alicyclic amines) is 1. The Morgan fingerprint density at radius 2 is 1.72 bits per heavy atom. The molecule has 2 aromatic rings. The molecule has 1 saturated heterocycles. The molecule has 2 amide bonds. The third kappa shape index (κ3) is 9.19. The van der Waals surface area contributed by atoms with Crippen molar-refractivity contribution in [3.63, 3.8) is 0 Å². The van der Waals surface area contributed by atoms with E-state index in [1.165, 1.54) is 4.57 Å². The first-order valence-corrected chi connectivity index (χ1v) is 17.2. The van der Waals surface area contributed by atoms with Crippen LogP contribution in [0, 0.1) is 27.6 Å². The highest BCUT2D eigenvalue weighted by atomic mass is 32.2. The molecular formula is C32H46N8O5S. The average molecular weight is 655 g/mol. The predicted octanol–water partition coefficient (Wildman–Crippen LogP) is 3.82. The van der Waals surface area contributed by atoms with E-state index in [-0.39, 0.29) is 47.6 Å². The number of piperidine rings is 1. The normalized spacial score (nSPS) is 19.2. The van der Waals surface area contributed by atoms with Gasteiger partial charge in [-0.3, -0.25) is 24.9 Å². The van der Waals surface area contributed by atoms with E-state index in [1.807, 2.05) is 49.9 Å². The summed E-state index contributed by atoms with van der Waals surface area (Å²) in [5, 5.41) is 34.3. The van der Waals surface area contributed by atoms with E-state index >= 15 is 0 Å². The molecule has 250 valence electrons. The van der Waals surface area contributed by atoms with Crippen molar-refractivity contribution in [3.05, 3.63) is 71.1 Å². The number of urea groups is 1. The number of aromatic nitrogens is 1. The number of nitrogens with zero attached hydrogens (tertiary/aromatic N) is 2. The topological polar surface area (TPSA) is 185 Å². The molecule has 2 atom stereocenters. The fourth-order valence-electron chi connectivity index (χ4n) is 5.45. The van der Waals surface area contributed by atoms with Crippen molar-refractivity contribution < 1.29 is 22.1 Å². The molecule has 1 aliphatic heterocycles. The number of amides is 2. The Balaban J connectivity index is 1.41. The average Bonchev–Trinajstić information content (AvgIpc) is 3.00. The van der Waals surface area contributed by atoms with Crippen LogP contribution in [0.4, 0.5) is 4.79 Å². The third-order valence-electron chi connectivity index (χ3n) is 8.22. The van der Waals surface area contributed by atoms with Gasteiger partial charge in [0.25, 0.3) is 10.1 Å². The van der Waals surface area contributed by atoms with Gasteiger partial charge in [0.15, 0.2) is 0 Å². The Bertz CT molecular complexity index is 1640.